The summed E-state index contributed by atoms with van der Waals surface area (Å²) in [4.78, 5) is 39.4. The van der Waals surface area contributed by atoms with Crippen LogP contribution in [0.5, 0.6) is 0 Å². The topological polar surface area (TPSA) is 97.5 Å². The first kappa shape index (κ1) is 20.1. The third-order valence-electron chi connectivity index (χ3n) is 4.49. The number of hydrogen-bond acceptors (Lipinski definition) is 5. The van der Waals surface area contributed by atoms with Crippen molar-refractivity contribution in [2.45, 2.75) is 20.8 Å². The molecule has 0 fully saturated rings. The molecule has 0 radical (unpaired) electrons. The molecule has 0 saturated heterocycles. The van der Waals surface area contributed by atoms with E-state index in [1.807, 2.05) is 36.4 Å². The molecule has 1 aromatic heterocycles. The SMILES string of the molecule is CCOC(=O)c1c(C)[nH]c(C(=O)OCC(=O)Nc2ccc3ccccc3c2)c1C. The van der Waals surface area contributed by atoms with Crippen molar-refractivity contribution in [3.05, 3.63) is 65.0 Å². The maximum atomic E-state index is 12.4. The fraction of sp³-hybridized carbons (Fsp3) is 0.227. The molecule has 0 saturated carbocycles. The van der Waals surface area contributed by atoms with E-state index in [1.54, 1.807) is 26.8 Å². The zero-order chi connectivity index (χ0) is 21.0. The summed E-state index contributed by atoms with van der Waals surface area (Å²) < 4.78 is 10.1. The average Bonchev–Trinajstić information content (AvgIpc) is 3.00. The fourth-order valence-electron chi connectivity index (χ4n) is 3.13. The summed E-state index contributed by atoms with van der Waals surface area (Å²) in [6, 6.07) is 13.3. The van der Waals surface area contributed by atoms with Gasteiger partial charge in [-0.25, -0.2) is 9.59 Å². The largest absolute Gasteiger partial charge is 0.462 e. The van der Waals surface area contributed by atoms with Crippen LogP contribution in [-0.4, -0.2) is 36.0 Å². The highest BCUT2D eigenvalue weighted by Gasteiger charge is 2.24. The quantitative estimate of drug-likeness (QED) is 0.621. The monoisotopic (exact) mass is 394 g/mol. The van der Waals surface area contributed by atoms with Crippen LogP contribution in [0.3, 0.4) is 0 Å². The number of fused-ring (bicyclic) bond motifs is 1. The van der Waals surface area contributed by atoms with E-state index in [0.29, 0.717) is 22.5 Å². The van der Waals surface area contributed by atoms with Crippen molar-refractivity contribution < 1.29 is 23.9 Å². The van der Waals surface area contributed by atoms with Crippen molar-refractivity contribution >= 4 is 34.3 Å². The molecular weight excluding hydrogens is 372 g/mol. The van der Waals surface area contributed by atoms with E-state index in [9.17, 15) is 14.4 Å². The van der Waals surface area contributed by atoms with Crippen LogP contribution >= 0.6 is 0 Å². The van der Waals surface area contributed by atoms with E-state index in [2.05, 4.69) is 10.3 Å². The van der Waals surface area contributed by atoms with E-state index < -0.39 is 24.5 Å². The van der Waals surface area contributed by atoms with Gasteiger partial charge in [0.1, 0.15) is 5.69 Å². The van der Waals surface area contributed by atoms with Crippen molar-refractivity contribution in [3.8, 4) is 0 Å². The summed E-state index contributed by atoms with van der Waals surface area (Å²) in [6.45, 7) is 4.79. The molecule has 2 N–H and O–H groups in total. The second kappa shape index (κ2) is 8.60. The Hall–Kier alpha value is -3.61. The van der Waals surface area contributed by atoms with Gasteiger partial charge >= 0.3 is 11.9 Å². The van der Waals surface area contributed by atoms with Gasteiger partial charge < -0.3 is 19.8 Å². The van der Waals surface area contributed by atoms with Gasteiger partial charge in [0.2, 0.25) is 0 Å². The predicted octanol–water partition coefficient (Wildman–Crippen LogP) is 3.76. The second-order valence-corrected chi connectivity index (χ2v) is 6.53. The van der Waals surface area contributed by atoms with Crippen LogP contribution in [0, 0.1) is 13.8 Å². The lowest BCUT2D eigenvalue weighted by molar-refractivity contribution is -0.119. The Balaban J connectivity index is 1.63. The number of H-pyrrole nitrogens is 1. The van der Waals surface area contributed by atoms with Crippen LogP contribution in [-0.2, 0) is 14.3 Å². The summed E-state index contributed by atoms with van der Waals surface area (Å²) in [5.74, 6) is -1.68. The first-order valence-corrected chi connectivity index (χ1v) is 9.22. The number of nitrogens with one attached hydrogen (secondary N) is 2. The summed E-state index contributed by atoms with van der Waals surface area (Å²) in [6.07, 6.45) is 0. The Morgan fingerprint density at radius 2 is 1.69 bits per heavy atom. The summed E-state index contributed by atoms with van der Waals surface area (Å²) in [5, 5.41) is 4.76. The van der Waals surface area contributed by atoms with Crippen molar-refractivity contribution in [2.24, 2.45) is 0 Å². The molecule has 150 valence electrons. The molecule has 3 aromatic rings. The Morgan fingerprint density at radius 3 is 2.41 bits per heavy atom. The van der Waals surface area contributed by atoms with Crippen molar-refractivity contribution in [1.29, 1.82) is 0 Å². The lowest BCUT2D eigenvalue weighted by Crippen LogP contribution is -2.21. The number of carbonyl (C=O) groups excluding carboxylic acids is 3. The molecule has 7 nitrogen and oxygen atoms in total. The number of aromatic amines is 1. The minimum absolute atomic E-state index is 0.129. The van der Waals surface area contributed by atoms with E-state index in [1.165, 1.54) is 0 Å². The molecule has 1 heterocycles. The normalized spacial score (nSPS) is 10.6. The predicted molar refractivity (Wildman–Crippen MR) is 109 cm³/mol. The maximum Gasteiger partial charge on any atom is 0.355 e. The van der Waals surface area contributed by atoms with Gasteiger partial charge in [-0.3, -0.25) is 4.79 Å². The molecule has 0 bridgehead atoms. The number of carbonyl (C=O) groups is 3. The molecular formula is C22H22N2O5. The van der Waals surface area contributed by atoms with Gasteiger partial charge in [0.05, 0.1) is 12.2 Å². The Labute approximate surface area is 168 Å². The first-order chi connectivity index (χ1) is 13.9. The standard InChI is InChI=1S/C22H22N2O5/c1-4-28-21(26)19-13(2)20(23-14(19)3)22(27)29-12-18(25)24-17-10-9-15-7-5-6-8-16(15)11-17/h5-11,23H,4,12H2,1-3H3,(H,24,25). The van der Waals surface area contributed by atoms with E-state index in [4.69, 9.17) is 9.47 Å². The zero-order valence-corrected chi connectivity index (χ0v) is 16.5. The number of esters is 2. The second-order valence-electron chi connectivity index (χ2n) is 6.53. The minimum Gasteiger partial charge on any atom is -0.462 e. The molecule has 0 aliphatic rings. The van der Waals surface area contributed by atoms with Crippen LogP contribution in [0.15, 0.2) is 42.5 Å². The molecule has 0 aliphatic heterocycles. The molecule has 1 amide bonds. The van der Waals surface area contributed by atoms with Crippen molar-refractivity contribution in [2.75, 3.05) is 18.5 Å². The van der Waals surface area contributed by atoms with Crippen LogP contribution in [0.25, 0.3) is 10.8 Å². The van der Waals surface area contributed by atoms with E-state index >= 15 is 0 Å². The van der Waals surface area contributed by atoms with Gasteiger partial charge in [-0.2, -0.15) is 0 Å². The third-order valence-corrected chi connectivity index (χ3v) is 4.49. The summed E-state index contributed by atoms with van der Waals surface area (Å²) in [7, 11) is 0. The molecule has 7 heteroatoms. The van der Waals surface area contributed by atoms with Crippen LogP contribution < -0.4 is 5.32 Å². The van der Waals surface area contributed by atoms with Crippen molar-refractivity contribution in [1.82, 2.24) is 4.98 Å². The van der Waals surface area contributed by atoms with Crippen LogP contribution in [0.1, 0.15) is 39.0 Å². The van der Waals surface area contributed by atoms with E-state index in [0.717, 1.165) is 10.8 Å². The third kappa shape index (κ3) is 4.45. The number of ether oxygens (including phenoxy) is 2. The van der Waals surface area contributed by atoms with Gasteiger partial charge in [0, 0.05) is 11.4 Å². The van der Waals surface area contributed by atoms with Crippen LogP contribution in [0.2, 0.25) is 0 Å². The molecule has 0 aliphatic carbocycles. The van der Waals surface area contributed by atoms with E-state index in [-0.39, 0.29) is 12.3 Å². The van der Waals surface area contributed by atoms with Gasteiger partial charge in [0.25, 0.3) is 5.91 Å². The zero-order valence-electron chi connectivity index (χ0n) is 16.5. The lowest BCUT2D eigenvalue weighted by Gasteiger charge is -2.08. The highest BCUT2D eigenvalue weighted by molar-refractivity contribution is 6.00. The maximum absolute atomic E-state index is 12.4. The lowest BCUT2D eigenvalue weighted by atomic mass is 10.1. The van der Waals surface area contributed by atoms with Gasteiger partial charge in [0.15, 0.2) is 6.61 Å². The minimum atomic E-state index is -0.713. The fourth-order valence-corrected chi connectivity index (χ4v) is 3.13. The highest BCUT2D eigenvalue weighted by Crippen LogP contribution is 2.20. The number of amides is 1. The highest BCUT2D eigenvalue weighted by atomic mass is 16.5. The molecule has 2 aromatic carbocycles. The molecule has 0 unspecified atom stereocenters. The van der Waals surface area contributed by atoms with Crippen LogP contribution in [0.4, 0.5) is 5.69 Å². The Morgan fingerprint density at radius 1 is 0.966 bits per heavy atom. The molecule has 29 heavy (non-hydrogen) atoms. The van der Waals surface area contributed by atoms with Crippen molar-refractivity contribution in [3.63, 3.8) is 0 Å². The Bertz CT molecular complexity index is 1080. The summed E-state index contributed by atoms with van der Waals surface area (Å²) >= 11 is 0. The van der Waals surface area contributed by atoms with Gasteiger partial charge in [-0.15, -0.1) is 0 Å². The number of aryl methyl sites for hydroxylation is 1. The molecule has 0 spiro atoms. The number of anilines is 1. The summed E-state index contributed by atoms with van der Waals surface area (Å²) in [5.41, 5.74) is 1.99. The van der Waals surface area contributed by atoms with Gasteiger partial charge in [-0.1, -0.05) is 30.3 Å². The number of hydrogen-bond donors (Lipinski definition) is 2. The molecule has 0 atom stereocenters. The number of benzene rings is 2. The Kier molecular flexibility index (Phi) is 5.97. The molecule has 3 rings (SSSR count). The smallest absolute Gasteiger partial charge is 0.355 e. The average molecular weight is 394 g/mol. The number of rotatable bonds is 6. The number of aromatic nitrogens is 1. The first-order valence-electron chi connectivity index (χ1n) is 9.22. The van der Waals surface area contributed by atoms with Gasteiger partial charge in [-0.05, 0) is 49.2 Å².